The molecule has 11 heavy (non-hydrogen) atoms. The fraction of sp³-hybridized carbons (Fsp3) is 1.00. The first-order chi connectivity index (χ1) is 5.23. The molecule has 1 heterocycles. The summed E-state index contributed by atoms with van der Waals surface area (Å²) in [5.74, 6) is 0.902. The summed E-state index contributed by atoms with van der Waals surface area (Å²) in [4.78, 5) is 0. The van der Waals surface area contributed by atoms with E-state index in [0.29, 0.717) is 11.5 Å². The Morgan fingerprint density at radius 1 is 1.36 bits per heavy atom. The van der Waals surface area contributed by atoms with Gasteiger partial charge in [0.05, 0.1) is 0 Å². The molecule has 0 aromatic heterocycles. The molecule has 0 aromatic carbocycles. The molecule has 2 heteroatoms. The second kappa shape index (κ2) is 2.46. The molecule has 0 spiro atoms. The van der Waals surface area contributed by atoms with Crippen LogP contribution in [0.2, 0.25) is 0 Å². The molecule has 2 fully saturated rings. The van der Waals surface area contributed by atoms with Crippen LogP contribution in [0.15, 0.2) is 0 Å². The summed E-state index contributed by atoms with van der Waals surface area (Å²) < 4.78 is 0. The first-order valence-corrected chi connectivity index (χ1v) is 4.70. The molecule has 1 saturated heterocycles. The number of rotatable bonds is 1. The quantitative estimate of drug-likeness (QED) is 0.584. The van der Waals surface area contributed by atoms with E-state index >= 15 is 0 Å². The van der Waals surface area contributed by atoms with Crippen LogP contribution in [0.4, 0.5) is 0 Å². The van der Waals surface area contributed by atoms with E-state index in [1.165, 1.54) is 32.4 Å². The molecule has 2 rings (SSSR count). The fourth-order valence-corrected chi connectivity index (χ4v) is 2.37. The van der Waals surface area contributed by atoms with E-state index in [2.05, 4.69) is 12.2 Å². The summed E-state index contributed by atoms with van der Waals surface area (Å²) in [6, 6.07) is 0.505. The SMILES string of the molecule is CC1(C2CCNCC2)CC1N. The molecular formula is C9H18N2. The van der Waals surface area contributed by atoms with Crippen molar-refractivity contribution in [1.29, 1.82) is 0 Å². The van der Waals surface area contributed by atoms with Gasteiger partial charge in [0, 0.05) is 6.04 Å². The molecular weight excluding hydrogens is 136 g/mol. The number of hydrogen-bond acceptors (Lipinski definition) is 2. The smallest absolute Gasteiger partial charge is 0.0102 e. The minimum atomic E-state index is 0.505. The second-order valence-corrected chi connectivity index (χ2v) is 4.34. The van der Waals surface area contributed by atoms with Crippen LogP contribution in [0, 0.1) is 11.3 Å². The molecule has 2 atom stereocenters. The summed E-state index contributed by atoms with van der Waals surface area (Å²) in [5, 5.41) is 3.39. The standard InChI is InChI=1S/C9H18N2/c1-9(6-8(9)10)7-2-4-11-5-3-7/h7-8,11H,2-6,10H2,1H3. The van der Waals surface area contributed by atoms with Gasteiger partial charge in [0.1, 0.15) is 0 Å². The van der Waals surface area contributed by atoms with Crippen LogP contribution in [0.1, 0.15) is 26.2 Å². The Bertz CT molecular complexity index is 152. The highest BCUT2D eigenvalue weighted by Crippen LogP contribution is 2.52. The van der Waals surface area contributed by atoms with Crippen LogP contribution >= 0.6 is 0 Å². The van der Waals surface area contributed by atoms with Crippen molar-refractivity contribution in [2.24, 2.45) is 17.1 Å². The van der Waals surface area contributed by atoms with Gasteiger partial charge in [-0.1, -0.05) is 6.92 Å². The second-order valence-electron chi connectivity index (χ2n) is 4.34. The van der Waals surface area contributed by atoms with Crippen LogP contribution in [-0.4, -0.2) is 19.1 Å². The predicted molar refractivity (Wildman–Crippen MR) is 46.3 cm³/mol. The monoisotopic (exact) mass is 154 g/mol. The predicted octanol–water partition coefficient (Wildman–Crippen LogP) is 0.723. The third kappa shape index (κ3) is 1.18. The van der Waals surface area contributed by atoms with E-state index in [1.54, 1.807) is 0 Å². The zero-order valence-electron chi connectivity index (χ0n) is 7.27. The number of piperidine rings is 1. The van der Waals surface area contributed by atoms with Crippen molar-refractivity contribution in [3.63, 3.8) is 0 Å². The molecule has 1 aliphatic carbocycles. The average molecular weight is 154 g/mol. The Hall–Kier alpha value is -0.0800. The van der Waals surface area contributed by atoms with Crippen molar-refractivity contribution >= 4 is 0 Å². The lowest BCUT2D eigenvalue weighted by molar-refractivity contribution is 0.250. The molecule has 0 radical (unpaired) electrons. The molecule has 1 aliphatic heterocycles. The summed E-state index contributed by atoms with van der Waals surface area (Å²) in [5.41, 5.74) is 6.43. The van der Waals surface area contributed by atoms with E-state index in [9.17, 15) is 0 Å². The van der Waals surface area contributed by atoms with Crippen molar-refractivity contribution in [1.82, 2.24) is 5.32 Å². The summed E-state index contributed by atoms with van der Waals surface area (Å²) in [6.45, 7) is 4.76. The maximum absolute atomic E-state index is 5.91. The largest absolute Gasteiger partial charge is 0.327 e. The number of nitrogens with one attached hydrogen (secondary N) is 1. The molecule has 3 N–H and O–H groups in total. The van der Waals surface area contributed by atoms with Crippen LogP contribution in [0.5, 0.6) is 0 Å². The van der Waals surface area contributed by atoms with Gasteiger partial charge in [-0.3, -0.25) is 0 Å². The van der Waals surface area contributed by atoms with E-state index < -0.39 is 0 Å². The van der Waals surface area contributed by atoms with Crippen LogP contribution in [0.25, 0.3) is 0 Å². The lowest BCUT2D eigenvalue weighted by Crippen LogP contribution is -2.33. The molecule has 0 amide bonds. The van der Waals surface area contributed by atoms with Crippen molar-refractivity contribution in [2.45, 2.75) is 32.2 Å². The lowest BCUT2D eigenvalue weighted by atomic mass is 9.83. The average Bonchev–Trinajstić information content (AvgIpc) is 2.64. The highest BCUT2D eigenvalue weighted by Gasteiger charge is 2.52. The van der Waals surface area contributed by atoms with Gasteiger partial charge >= 0.3 is 0 Å². The van der Waals surface area contributed by atoms with Gasteiger partial charge in [0.2, 0.25) is 0 Å². The first-order valence-electron chi connectivity index (χ1n) is 4.70. The highest BCUT2D eigenvalue weighted by molar-refractivity contribution is 5.07. The lowest BCUT2D eigenvalue weighted by Gasteiger charge is -2.28. The van der Waals surface area contributed by atoms with Gasteiger partial charge in [0.25, 0.3) is 0 Å². The fourth-order valence-electron chi connectivity index (χ4n) is 2.37. The van der Waals surface area contributed by atoms with Crippen molar-refractivity contribution in [3.05, 3.63) is 0 Å². The van der Waals surface area contributed by atoms with Gasteiger partial charge in [-0.25, -0.2) is 0 Å². The van der Waals surface area contributed by atoms with E-state index in [4.69, 9.17) is 5.73 Å². The van der Waals surface area contributed by atoms with Gasteiger partial charge in [-0.05, 0) is 43.7 Å². The first kappa shape index (κ1) is 7.56. The van der Waals surface area contributed by atoms with Crippen LogP contribution in [-0.2, 0) is 0 Å². The van der Waals surface area contributed by atoms with E-state index in [1.807, 2.05) is 0 Å². The Morgan fingerprint density at radius 3 is 2.36 bits per heavy atom. The molecule has 0 bridgehead atoms. The Balaban J connectivity index is 1.94. The van der Waals surface area contributed by atoms with E-state index in [-0.39, 0.29) is 0 Å². The number of nitrogens with two attached hydrogens (primary N) is 1. The van der Waals surface area contributed by atoms with Gasteiger partial charge in [0.15, 0.2) is 0 Å². The summed E-state index contributed by atoms with van der Waals surface area (Å²) >= 11 is 0. The molecule has 1 saturated carbocycles. The maximum atomic E-state index is 5.91. The number of hydrogen-bond donors (Lipinski definition) is 2. The normalized spacial score (nSPS) is 45.8. The molecule has 64 valence electrons. The molecule has 2 unspecified atom stereocenters. The van der Waals surface area contributed by atoms with Crippen LogP contribution < -0.4 is 11.1 Å². The molecule has 2 nitrogen and oxygen atoms in total. The highest BCUT2D eigenvalue weighted by atomic mass is 14.9. The van der Waals surface area contributed by atoms with Crippen LogP contribution in [0.3, 0.4) is 0 Å². The zero-order valence-corrected chi connectivity index (χ0v) is 7.27. The van der Waals surface area contributed by atoms with Gasteiger partial charge < -0.3 is 11.1 Å². The molecule has 2 aliphatic rings. The van der Waals surface area contributed by atoms with Crippen molar-refractivity contribution in [2.75, 3.05) is 13.1 Å². The minimum Gasteiger partial charge on any atom is -0.327 e. The summed E-state index contributed by atoms with van der Waals surface area (Å²) in [7, 11) is 0. The Kier molecular flexibility index (Phi) is 1.69. The van der Waals surface area contributed by atoms with Gasteiger partial charge in [-0.2, -0.15) is 0 Å². The van der Waals surface area contributed by atoms with Crippen molar-refractivity contribution < 1.29 is 0 Å². The minimum absolute atomic E-state index is 0.505. The Labute approximate surface area is 68.5 Å². The Morgan fingerprint density at radius 2 is 1.91 bits per heavy atom. The molecule has 0 aromatic rings. The third-order valence-corrected chi connectivity index (χ3v) is 3.62. The van der Waals surface area contributed by atoms with E-state index in [0.717, 1.165) is 5.92 Å². The van der Waals surface area contributed by atoms with Crippen molar-refractivity contribution in [3.8, 4) is 0 Å². The topological polar surface area (TPSA) is 38.0 Å². The third-order valence-electron chi connectivity index (χ3n) is 3.62. The van der Waals surface area contributed by atoms with Gasteiger partial charge in [-0.15, -0.1) is 0 Å². The maximum Gasteiger partial charge on any atom is 0.0102 e. The summed E-state index contributed by atoms with van der Waals surface area (Å²) in [6.07, 6.45) is 3.94. The zero-order chi connectivity index (χ0) is 7.90.